The monoisotopic (exact) mass is 321 g/mol. The van der Waals surface area contributed by atoms with E-state index in [4.69, 9.17) is 14.9 Å². The van der Waals surface area contributed by atoms with Crippen molar-refractivity contribution in [1.82, 2.24) is 4.98 Å². The van der Waals surface area contributed by atoms with E-state index in [1.165, 1.54) is 0 Å². The molecule has 21 heavy (non-hydrogen) atoms. The predicted octanol–water partition coefficient (Wildman–Crippen LogP) is 2.48. The molecule has 0 radical (unpaired) electrons. The third-order valence-electron chi connectivity index (χ3n) is 2.35. The molecule has 0 fully saturated rings. The summed E-state index contributed by atoms with van der Waals surface area (Å²) in [4.78, 5) is 24.6. The van der Waals surface area contributed by atoms with E-state index in [-0.39, 0.29) is 16.0 Å². The number of rotatable bonds is 4. The van der Waals surface area contributed by atoms with Gasteiger partial charge in [-0.3, -0.25) is 4.98 Å². The maximum atomic E-state index is 12.6. The molecule has 0 unspecified atom stereocenters. The first-order chi connectivity index (χ1) is 9.70. The highest BCUT2D eigenvalue weighted by Crippen LogP contribution is 2.39. The van der Waals surface area contributed by atoms with E-state index in [9.17, 15) is 22.8 Å². The topological polar surface area (TPSA) is 96.7 Å². The molecule has 6 nitrogen and oxygen atoms in total. The minimum Gasteiger partial charge on any atom is -0.479 e. The van der Waals surface area contributed by atoms with Crippen LogP contribution in [-0.2, 0) is 11.0 Å². The molecule has 0 atom stereocenters. The van der Waals surface area contributed by atoms with Gasteiger partial charge < -0.3 is 14.9 Å². The average molecular weight is 321 g/mol. The zero-order valence-corrected chi connectivity index (χ0v) is 10.8. The second-order valence-corrected chi connectivity index (χ2v) is 4.87. The molecule has 0 amide bonds. The van der Waals surface area contributed by atoms with Crippen LogP contribution in [0.4, 0.5) is 13.2 Å². The summed E-state index contributed by atoms with van der Waals surface area (Å²) in [6.07, 6.45) is -4.08. The van der Waals surface area contributed by atoms with Crippen LogP contribution in [0.15, 0.2) is 12.3 Å². The average Bonchev–Trinajstić information content (AvgIpc) is 2.73. The fraction of sp³-hybridized carbons (Fsp3) is 0.182. The lowest BCUT2D eigenvalue weighted by molar-refractivity contribution is -0.139. The number of aromatic carboxylic acids is 1. The number of carboxylic acid groups (broad SMARTS) is 2. The molecule has 10 heteroatoms. The largest absolute Gasteiger partial charge is 0.479 e. The van der Waals surface area contributed by atoms with E-state index in [0.29, 0.717) is 17.5 Å². The van der Waals surface area contributed by atoms with Crippen LogP contribution in [0.2, 0.25) is 0 Å². The molecule has 0 saturated heterocycles. The predicted molar refractivity (Wildman–Crippen MR) is 64.7 cm³/mol. The Bertz CT molecular complexity index is 724. The summed E-state index contributed by atoms with van der Waals surface area (Å²) in [5, 5.41) is 17.5. The third-order valence-corrected chi connectivity index (χ3v) is 3.44. The van der Waals surface area contributed by atoms with Gasteiger partial charge in [0.1, 0.15) is 5.52 Å². The number of carboxylic acids is 2. The lowest BCUT2D eigenvalue weighted by Crippen LogP contribution is -2.11. The smallest absolute Gasteiger partial charge is 0.417 e. The number of alkyl halides is 3. The van der Waals surface area contributed by atoms with Gasteiger partial charge in [0.2, 0.25) is 0 Å². The normalized spacial score (nSPS) is 11.6. The number of aliphatic carboxylic acids is 1. The summed E-state index contributed by atoms with van der Waals surface area (Å²) < 4.78 is 42.5. The first kappa shape index (κ1) is 15.0. The number of hydrogen-bond acceptors (Lipinski definition) is 5. The highest BCUT2D eigenvalue weighted by Gasteiger charge is 2.32. The Morgan fingerprint density at radius 2 is 2.00 bits per heavy atom. The zero-order chi connectivity index (χ0) is 15.8. The summed E-state index contributed by atoms with van der Waals surface area (Å²) >= 11 is 0.534. The van der Waals surface area contributed by atoms with Crippen molar-refractivity contribution < 1.29 is 37.7 Å². The van der Waals surface area contributed by atoms with Crippen molar-refractivity contribution in [2.24, 2.45) is 0 Å². The van der Waals surface area contributed by atoms with Crippen LogP contribution in [-0.4, -0.2) is 33.7 Å². The van der Waals surface area contributed by atoms with Crippen molar-refractivity contribution in [2.75, 3.05) is 6.61 Å². The van der Waals surface area contributed by atoms with Crippen LogP contribution in [0, 0.1) is 0 Å². The molecule has 0 saturated carbocycles. The molecule has 2 aromatic heterocycles. The van der Waals surface area contributed by atoms with Gasteiger partial charge >= 0.3 is 18.1 Å². The molecular weight excluding hydrogens is 315 g/mol. The van der Waals surface area contributed by atoms with Gasteiger partial charge in [0, 0.05) is 6.20 Å². The van der Waals surface area contributed by atoms with E-state index in [1.807, 2.05) is 0 Å². The molecule has 0 aromatic carbocycles. The van der Waals surface area contributed by atoms with Crippen LogP contribution >= 0.6 is 11.3 Å². The number of hydrogen-bond donors (Lipinski definition) is 2. The Balaban J connectivity index is 2.57. The molecule has 2 heterocycles. The van der Waals surface area contributed by atoms with E-state index in [1.54, 1.807) is 0 Å². The van der Waals surface area contributed by atoms with Crippen LogP contribution < -0.4 is 4.74 Å². The molecule has 0 aliphatic rings. The van der Waals surface area contributed by atoms with Crippen molar-refractivity contribution in [2.45, 2.75) is 6.18 Å². The third kappa shape index (κ3) is 3.05. The first-order valence-corrected chi connectivity index (χ1v) is 6.09. The van der Waals surface area contributed by atoms with Crippen molar-refractivity contribution in [3.63, 3.8) is 0 Å². The van der Waals surface area contributed by atoms with Crippen LogP contribution in [0.3, 0.4) is 0 Å². The molecule has 2 aromatic rings. The number of fused-ring (bicyclic) bond motifs is 1. The fourth-order valence-electron chi connectivity index (χ4n) is 1.52. The standard InChI is InChI=1S/C11H6F3NO5S/c12-11(13,14)4-1-5-7(15-2-4)8(20-3-6(16)17)9(21-5)10(18)19/h1-2H,3H2,(H,16,17)(H,18,19). The Morgan fingerprint density at radius 3 is 2.52 bits per heavy atom. The minimum atomic E-state index is -4.61. The maximum Gasteiger partial charge on any atom is 0.417 e. The number of carbonyl (C=O) groups is 2. The summed E-state index contributed by atoms with van der Waals surface area (Å²) in [6.45, 7) is -0.825. The Morgan fingerprint density at radius 1 is 1.33 bits per heavy atom. The Labute approximate surface area is 118 Å². The Hall–Kier alpha value is -2.36. The number of thiophene rings is 1. The van der Waals surface area contributed by atoms with Gasteiger partial charge in [0.15, 0.2) is 17.2 Å². The number of halogens is 3. The summed E-state index contributed by atoms with van der Waals surface area (Å²) in [7, 11) is 0. The van der Waals surface area contributed by atoms with Gasteiger partial charge in [0.25, 0.3) is 0 Å². The molecule has 0 bridgehead atoms. The van der Waals surface area contributed by atoms with E-state index in [2.05, 4.69) is 4.98 Å². The number of ether oxygens (including phenoxy) is 1. The van der Waals surface area contributed by atoms with E-state index < -0.39 is 35.2 Å². The van der Waals surface area contributed by atoms with E-state index in [0.717, 1.165) is 6.07 Å². The van der Waals surface area contributed by atoms with Crippen molar-refractivity contribution >= 4 is 33.5 Å². The van der Waals surface area contributed by atoms with Crippen molar-refractivity contribution in [3.05, 3.63) is 22.7 Å². The fourth-order valence-corrected chi connectivity index (χ4v) is 2.50. The summed E-state index contributed by atoms with van der Waals surface area (Å²) in [6, 6.07) is 0.743. The number of pyridine rings is 1. The van der Waals surface area contributed by atoms with Crippen molar-refractivity contribution in [1.29, 1.82) is 0 Å². The zero-order valence-electron chi connectivity index (χ0n) is 9.97. The molecule has 2 rings (SSSR count). The van der Waals surface area contributed by atoms with Gasteiger partial charge in [-0.15, -0.1) is 11.3 Å². The highest BCUT2D eigenvalue weighted by molar-refractivity contribution is 7.21. The number of aromatic nitrogens is 1. The summed E-state index contributed by atoms with van der Waals surface area (Å²) in [5.74, 6) is -3.14. The second-order valence-electron chi connectivity index (χ2n) is 3.82. The van der Waals surface area contributed by atoms with Gasteiger partial charge in [-0.25, -0.2) is 9.59 Å². The lowest BCUT2D eigenvalue weighted by Gasteiger charge is -2.06. The molecule has 112 valence electrons. The molecule has 0 spiro atoms. The van der Waals surface area contributed by atoms with Gasteiger partial charge in [-0.05, 0) is 6.07 Å². The molecule has 2 N–H and O–H groups in total. The SMILES string of the molecule is O=C(O)COc1c(C(=O)O)sc2cc(C(F)(F)F)cnc12. The maximum absolute atomic E-state index is 12.6. The highest BCUT2D eigenvalue weighted by atomic mass is 32.1. The van der Waals surface area contributed by atoms with Gasteiger partial charge in [0.05, 0.1) is 10.3 Å². The Kier molecular flexibility index (Phi) is 3.73. The number of nitrogens with zero attached hydrogens (tertiary/aromatic N) is 1. The second kappa shape index (κ2) is 5.20. The first-order valence-electron chi connectivity index (χ1n) is 5.27. The van der Waals surface area contributed by atoms with Gasteiger partial charge in [-0.2, -0.15) is 13.2 Å². The lowest BCUT2D eigenvalue weighted by atomic mass is 10.2. The molecule has 0 aliphatic carbocycles. The summed E-state index contributed by atoms with van der Waals surface area (Å²) in [5.41, 5.74) is -1.15. The van der Waals surface area contributed by atoms with Crippen molar-refractivity contribution in [3.8, 4) is 5.75 Å². The van der Waals surface area contributed by atoms with Gasteiger partial charge in [-0.1, -0.05) is 0 Å². The quantitative estimate of drug-likeness (QED) is 0.898. The van der Waals surface area contributed by atoms with E-state index >= 15 is 0 Å². The minimum absolute atomic E-state index is 0.0531. The molecular formula is C11H6F3NO5S. The van der Waals surface area contributed by atoms with Crippen LogP contribution in [0.5, 0.6) is 5.75 Å². The van der Waals surface area contributed by atoms with Crippen LogP contribution in [0.1, 0.15) is 15.2 Å². The van der Waals surface area contributed by atoms with Crippen LogP contribution in [0.25, 0.3) is 10.2 Å². The molecule has 0 aliphatic heterocycles.